The van der Waals surface area contributed by atoms with Crippen LogP contribution in [0.5, 0.6) is 0 Å². The summed E-state index contributed by atoms with van der Waals surface area (Å²) >= 11 is 0. The molecule has 21 heavy (non-hydrogen) atoms. The van der Waals surface area contributed by atoms with E-state index < -0.39 is 10.0 Å². The Kier molecular flexibility index (Phi) is 5.75. The molecule has 118 valence electrons. The SMILES string of the molecule is CNCc1ccc(CS(=O)(=O)NC2CCC(OC)C2)cc1. The largest absolute Gasteiger partial charge is 0.381 e. The van der Waals surface area contributed by atoms with Crippen LogP contribution in [0.15, 0.2) is 24.3 Å². The van der Waals surface area contributed by atoms with E-state index in [1.165, 1.54) is 0 Å². The Hall–Kier alpha value is -0.950. The molecule has 0 bridgehead atoms. The van der Waals surface area contributed by atoms with Gasteiger partial charge < -0.3 is 10.1 Å². The molecule has 0 aromatic heterocycles. The van der Waals surface area contributed by atoms with E-state index in [9.17, 15) is 8.42 Å². The maximum Gasteiger partial charge on any atom is 0.216 e. The molecule has 2 N–H and O–H groups in total. The molecule has 0 saturated heterocycles. The topological polar surface area (TPSA) is 67.4 Å². The maximum atomic E-state index is 12.2. The minimum absolute atomic E-state index is 0.00325. The predicted molar refractivity (Wildman–Crippen MR) is 83.4 cm³/mol. The van der Waals surface area contributed by atoms with Crippen LogP contribution in [0.3, 0.4) is 0 Å². The highest BCUT2D eigenvalue weighted by Gasteiger charge is 2.27. The number of rotatable bonds is 7. The Morgan fingerprint density at radius 2 is 1.86 bits per heavy atom. The van der Waals surface area contributed by atoms with E-state index >= 15 is 0 Å². The first-order valence-electron chi connectivity index (χ1n) is 7.27. The third kappa shape index (κ3) is 5.07. The second-order valence-corrected chi connectivity index (χ2v) is 7.35. The zero-order chi connectivity index (χ0) is 15.3. The van der Waals surface area contributed by atoms with Crippen LogP contribution < -0.4 is 10.0 Å². The fourth-order valence-electron chi connectivity index (χ4n) is 2.73. The van der Waals surface area contributed by atoms with Gasteiger partial charge in [0.1, 0.15) is 0 Å². The van der Waals surface area contributed by atoms with Crippen molar-refractivity contribution in [2.24, 2.45) is 0 Å². The van der Waals surface area contributed by atoms with Gasteiger partial charge in [0.15, 0.2) is 0 Å². The van der Waals surface area contributed by atoms with Gasteiger partial charge >= 0.3 is 0 Å². The average Bonchev–Trinajstić information content (AvgIpc) is 2.88. The van der Waals surface area contributed by atoms with E-state index in [2.05, 4.69) is 10.0 Å². The summed E-state index contributed by atoms with van der Waals surface area (Å²) in [6.45, 7) is 0.783. The van der Waals surface area contributed by atoms with Crippen LogP contribution in [0.1, 0.15) is 30.4 Å². The Morgan fingerprint density at radius 3 is 2.43 bits per heavy atom. The molecule has 0 spiro atoms. The van der Waals surface area contributed by atoms with Gasteiger partial charge in [-0.15, -0.1) is 0 Å². The van der Waals surface area contributed by atoms with Crippen LogP contribution in [-0.4, -0.2) is 34.7 Å². The van der Waals surface area contributed by atoms with E-state index in [4.69, 9.17) is 4.74 Å². The molecule has 2 atom stereocenters. The Balaban J connectivity index is 1.91. The first-order chi connectivity index (χ1) is 10.0. The molecule has 1 fully saturated rings. The quantitative estimate of drug-likeness (QED) is 0.798. The lowest BCUT2D eigenvalue weighted by molar-refractivity contribution is 0.107. The van der Waals surface area contributed by atoms with Gasteiger partial charge in [-0.2, -0.15) is 0 Å². The molecule has 2 rings (SSSR count). The lowest BCUT2D eigenvalue weighted by atomic mass is 10.1. The molecule has 0 amide bonds. The van der Waals surface area contributed by atoms with Gasteiger partial charge in [0.25, 0.3) is 0 Å². The number of benzene rings is 1. The predicted octanol–water partition coefficient (Wildman–Crippen LogP) is 1.39. The Morgan fingerprint density at radius 1 is 1.19 bits per heavy atom. The van der Waals surface area contributed by atoms with Crippen molar-refractivity contribution in [3.63, 3.8) is 0 Å². The molecule has 0 heterocycles. The molecule has 1 aromatic carbocycles. The van der Waals surface area contributed by atoms with E-state index in [0.29, 0.717) is 0 Å². The van der Waals surface area contributed by atoms with Gasteiger partial charge in [-0.25, -0.2) is 13.1 Å². The summed E-state index contributed by atoms with van der Waals surface area (Å²) < 4.78 is 32.5. The summed E-state index contributed by atoms with van der Waals surface area (Å²) in [7, 11) is 0.265. The summed E-state index contributed by atoms with van der Waals surface area (Å²) in [5, 5.41) is 3.07. The molecule has 1 saturated carbocycles. The molecule has 0 radical (unpaired) electrons. The summed E-state index contributed by atoms with van der Waals surface area (Å²) in [5.41, 5.74) is 1.95. The van der Waals surface area contributed by atoms with Gasteiger partial charge in [-0.3, -0.25) is 0 Å². The van der Waals surface area contributed by atoms with E-state index in [-0.39, 0.29) is 17.9 Å². The van der Waals surface area contributed by atoms with Crippen molar-refractivity contribution in [2.45, 2.75) is 43.7 Å². The van der Waals surface area contributed by atoms with Crippen LogP contribution in [0, 0.1) is 0 Å². The van der Waals surface area contributed by atoms with E-state index in [1.54, 1.807) is 7.11 Å². The number of hydrogen-bond acceptors (Lipinski definition) is 4. The van der Waals surface area contributed by atoms with Crippen molar-refractivity contribution < 1.29 is 13.2 Å². The molecule has 1 aromatic rings. The van der Waals surface area contributed by atoms with Crippen LogP contribution in [0.4, 0.5) is 0 Å². The zero-order valence-electron chi connectivity index (χ0n) is 12.6. The highest BCUT2D eigenvalue weighted by Crippen LogP contribution is 2.22. The van der Waals surface area contributed by atoms with Gasteiger partial charge in [-0.1, -0.05) is 24.3 Å². The standard InChI is InChI=1S/C15H24N2O3S/c1-16-10-12-3-5-13(6-4-12)11-21(18,19)17-14-7-8-15(9-14)20-2/h3-6,14-17H,7-11H2,1-2H3. The average molecular weight is 312 g/mol. The second kappa shape index (κ2) is 7.35. The summed E-state index contributed by atoms with van der Waals surface area (Å²) in [6.07, 6.45) is 2.71. The van der Waals surface area contributed by atoms with Crippen molar-refractivity contribution in [3.8, 4) is 0 Å². The van der Waals surface area contributed by atoms with Crippen molar-refractivity contribution in [1.29, 1.82) is 0 Å². The highest BCUT2D eigenvalue weighted by molar-refractivity contribution is 7.88. The van der Waals surface area contributed by atoms with Crippen LogP contribution in [0.25, 0.3) is 0 Å². The van der Waals surface area contributed by atoms with Crippen molar-refractivity contribution in [1.82, 2.24) is 10.0 Å². The lowest BCUT2D eigenvalue weighted by Crippen LogP contribution is -2.34. The molecular weight excluding hydrogens is 288 g/mol. The highest BCUT2D eigenvalue weighted by atomic mass is 32.2. The summed E-state index contributed by atoms with van der Waals surface area (Å²) in [5.74, 6) is 0.0288. The van der Waals surface area contributed by atoms with Gasteiger partial charge in [0, 0.05) is 19.7 Å². The summed E-state index contributed by atoms with van der Waals surface area (Å²) in [6, 6.07) is 7.66. The first kappa shape index (κ1) is 16.4. The van der Waals surface area contributed by atoms with Gasteiger partial charge in [0.2, 0.25) is 10.0 Å². The minimum atomic E-state index is -3.30. The second-order valence-electron chi connectivity index (χ2n) is 5.59. The van der Waals surface area contributed by atoms with Crippen LogP contribution in [-0.2, 0) is 27.1 Å². The third-order valence-electron chi connectivity index (χ3n) is 3.82. The molecule has 1 aliphatic carbocycles. The van der Waals surface area contributed by atoms with Crippen LogP contribution >= 0.6 is 0 Å². The molecule has 5 nitrogen and oxygen atoms in total. The lowest BCUT2D eigenvalue weighted by Gasteiger charge is -2.13. The monoisotopic (exact) mass is 312 g/mol. The number of methoxy groups -OCH3 is 1. The zero-order valence-corrected chi connectivity index (χ0v) is 13.4. The normalized spacial score (nSPS) is 22.6. The summed E-state index contributed by atoms with van der Waals surface area (Å²) in [4.78, 5) is 0. The van der Waals surface area contributed by atoms with Gasteiger partial charge in [0.05, 0.1) is 11.9 Å². The minimum Gasteiger partial charge on any atom is -0.381 e. The molecule has 1 aliphatic rings. The Bertz CT molecular complexity index is 543. The van der Waals surface area contributed by atoms with Crippen molar-refractivity contribution >= 4 is 10.0 Å². The fraction of sp³-hybridized carbons (Fsp3) is 0.600. The third-order valence-corrected chi connectivity index (χ3v) is 5.23. The first-order valence-corrected chi connectivity index (χ1v) is 8.93. The number of ether oxygens (including phenoxy) is 1. The fourth-order valence-corrected chi connectivity index (χ4v) is 4.17. The maximum absolute atomic E-state index is 12.2. The molecular formula is C15H24N2O3S. The number of nitrogens with one attached hydrogen (secondary N) is 2. The molecule has 0 aliphatic heterocycles. The molecule has 2 unspecified atom stereocenters. The number of hydrogen-bond donors (Lipinski definition) is 2. The smallest absolute Gasteiger partial charge is 0.216 e. The number of sulfonamides is 1. The Labute approximate surface area is 127 Å². The van der Waals surface area contributed by atoms with E-state index in [0.717, 1.165) is 36.9 Å². The van der Waals surface area contributed by atoms with Gasteiger partial charge in [-0.05, 0) is 37.4 Å². The van der Waals surface area contributed by atoms with E-state index in [1.807, 2.05) is 31.3 Å². The van der Waals surface area contributed by atoms with Crippen molar-refractivity contribution in [2.75, 3.05) is 14.2 Å². The van der Waals surface area contributed by atoms with Crippen molar-refractivity contribution in [3.05, 3.63) is 35.4 Å². The van der Waals surface area contributed by atoms with Crippen LogP contribution in [0.2, 0.25) is 0 Å². The molecule has 6 heteroatoms.